The van der Waals surface area contributed by atoms with Crippen LogP contribution in [0, 0.1) is 0 Å². The van der Waals surface area contributed by atoms with E-state index >= 15 is 0 Å². The van der Waals surface area contributed by atoms with Crippen LogP contribution in [0.1, 0.15) is 12.5 Å². The summed E-state index contributed by atoms with van der Waals surface area (Å²) in [5.41, 5.74) is 3.46. The lowest BCUT2D eigenvalue weighted by molar-refractivity contribution is 0.267. The van der Waals surface area contributed by atoms with Gasteiger partial charge in [-0.05, 0) is 24.6 Å². The standard InChI is InChI=1S/C16H18ClFN4O2/c1-3-12(17)8-20-22-15-14(18)9-19-16(21-15)24-10-11-5-4-6-13(7-11)23-2/h3-9,14-15,22H,10H2,1-2H3/b12-3-,20-8+. The summed E-state index contributed by atoms with van der Waals surface area (Å²) in [6.07, 6.45) is 1.83. The van der Waals surface area contributed by atoms with Crippen molar-refractivity contribution in [1.29, 1.82) is 0 Å². The fourth-order valence-corrected chi connectivity index (χ4v) is 1.82. The lowest BCUT2D eigenvalue weighted by Gasteiger charge is -2.18. The zero-order valence-electron chi connectivity index (χ0n) is 13.3. The van der Waals surface area contributed by atoms with Crippen molar-refractivity contribution in [3.8, 4) is 5.75 Å². The number of methoxy groups -OCH3 is 1. The van der Waals surface area contributed by atoms with Crippen LogP contribution in [0.2, 0.25) is 0 Å². The third-order valence-corrected chi connectivity index (χ3v) is 3.37. The summed E-state index contributed by atoms with van der Waals surface area (Å²) in [5, 5.41) is 4.27. The summed E-state index contributed by atoms with van der Waals surface area (Å²) in [6, 6.07) is 7.49. The van der Waals surface area contributed by atoms with Gasteiger partial charge in [0.1, 0.15) is 12.4 Å². The Bertz CT molecular complexity index is 676. The number of hydrogen-bond donors (Lipinski definition) is 1. The predicted octanol–water partition coefficient (Wildman–Crippen LogP) is 3.03. The number of hydrogen-bond acceptors (Lipinski definition) is 6. The first-order valence-corrected chi connectivity index (χ1v) is 7.62. The third-order valence-electron chi connectivity index (χ3n) is 3.05. The van der Waals surface area contributed by atoms with E-state index in [1.165, 1.54) is 6.21 Å². The van der Waals surface area contributed by atoms with Gasteiger partial charge in [0.2, 0.25) is 0 Å². The summed E-state index contributed by atoms with van der Waals surface area (Å²) in [7, 11) is 1.59. The van der Waals surface area contributed by atoms with Crippen molar-refractivity contribution >= 4 is 30.1 Å². The molecular formula is C16H18ClFN4O2. The molecule has 1 N–H and O–H groups in total. The molecule has 1 aliphatic heterocycles. The van der Waals surface area contributed by atoms with Crippen molar-refractivity contribution in [2.75, 3.05) is 7.11 Å². The van der Waals surface area contributed by atoms with Crippen molar-refractivity contribution in [3.63, 3.8) is 0 Å². The summed E-state index contributed by atoms with van der Waals surface area (Å²) >= 11 is 5.77. The van der Waals surface area contributed by atoms with Gasteiger partial charge >= 0.3 is 6.02 Å². The van der Waals surface area contributed by atoms with E-state index in [1.54, 1.807) is 20.1 Å². The number of halogens is 2. The molecule has 0 spiro atoms. The Hall–Kier alpha value is -2.41. The molecule has 24 heavy (non-hydrogen) atoms. The summed E-state index contributed by atoms with van der Waals surface area (Å²) < 4.78 is 24.4. The molecule has 6 nitrogen and oxygen atoms in total. The van der Waals surface area contributed by atoms with Gasteiger partial charge in [-0.25, -0.2) is 14.4 Å². The highest BCUT2D eigenvalue weighted by atomic mass is 35.5. The molecule has 0 amide bonds. The topological polar surface area (TPSA) is 67.6 Å². The zero-order valence-corrected chi connectivity index (χ0v) is 14.1. The number of hydrazone groups is 1. The van der Waals surface area contributed by atoms with Crippen LogP contribution >= 0.6 is 11.6 Å². The van der Waals surface area contributed by atoms with Gasteiger partial charge in [-0.3, -0.25) is 5.43 Å². The van der Waals surface area contributed by atoms with Gasteiger partial charge in [0, 0.05) is 6.21 Å². The molecule has 0 saturated heterocycles. The van der Waals surface area contributed by atoms with Gasteiger partial charge in [-0.2, -0.15) is 5.10 Å². The molecule has 2 atom stereocenters. The molecule has 1 aromatic rings. The quantitative estimate of drug-likeness (QED) is 0.632. The van der Waals surface area contributed by atoms with E-state index in [4.69, 9.17) is 21.1 Å². The van der Waals surface area contributed by atoms with Crippen LogP contribution in [0.25, 0.3) is 0 Å². The molecular weight excluding hydrogens is 335 g/mol. The molecule has 0 fully saturated rings. The summed E-state index contributed by atoms with van der Waals surface area (Å²) in [6.45, 7) is 2.01. The number of alkyl halides is 1. The van der Waals surface area contributed by atoms with Crippen LogP contribution in [0.15, 0.2) is 50.5 Å². The van der Waals surface area contributed by atoms with Gasteiger partial charge in [0.05, 0.1) is 18.4 Å². The van der Waals surface area contributed by atoms with E-state index in [0.29, 0.717) is 5.03 Å². The molecule has 1 heterocycles. The molecule has 0 bridgehead atoms. The Balaban J connectivity index is 1.95. The molecule has 0 radical (unpaired) electrons. The Morgan fingerprint density at radius 3 is 3.08 bits per heavy atom. The lowest BCUT2D eigenvalue weighted by atomic mass is 10.2. The third kappa shape index (κ3) is 5.34. The molecule has 1 aromatic carbocycles. The monoisotopic (exact) mass is 352 g/mol. The van der Waals surface area contributed by atoms with Crippen LogP contribution in [0.3, 0.4) is 0 Å². The molecule has 2 unspecified atom stereocenters. The second kappa shape index (κ2) is 9.02. The number of aliphatic imine (C=N–C) groups is 2. The van der Waals surface area contributed by atoms with Gasteiger partial charge in [0.25, 0.3) is 0 Å². The number of allylic oxidation sites excluding steroid dienone is 2. The van der Waals surface area contributed by atoms with Crippen molar-refractivity contribution in [1.82, 2.24) is 5.43 Å². The van der Waals surface area contributed by atoms with Crippen LogP contribution in [-0.4, -0.2) is 37.9 Å². The second-order valence-electron chi connectivity index (χ2n) is 4.78. The maximum atomic E-state index is 13.8. The minimum absolute atomic E-state index is 0.0801. The summed E-state index contributed by atoms with van der Waals surface area (Å²) in [5.74, 6) is 0.726. The fraction of sp³-hybridized carbons (Fsp3) is 0.312. The van der Waals surface area contributed by atoms with Crippen molar-refractivity contribution in [2.24, 2.45) is 15.1 Å². The first kappa shape index (κ1) is 17.9. The van der Waals surface area contributed by atoms with Gasteiger partial charge < -0.3 is 9.47 Å². The second-order valence-corrected chi connectivity index (χ2v) is 5.22. The Kier molecular flexibility index (Phi) is 6.74. The average molecular weight is 353 g/mol. The van der Waals surface area contributed by atoms with E-state index < -0.39 is 12.3 Å². The Labute approximate surface area is 144 Å². The first-order chi connectivity index (χ1) is 11.6. The molecule has 0 saturated carbocycles. The number of nitrogens with one attached hydrogen (secondary N) is 1. The SMILES string of the molecule is C/C=C(Cl)/C=N/NC1N=C(OCc2cccc(OC)c2)N=CC1F. The van der Waals surface area contributed by atoms with E-state index in [2.05, 4.69) is 20.5 Å². The maximum Gasteiger partial charge on any atom is 0.313 e. The summed E-state index contributed by atoms with van der Waals surface area (Å²) in [4.78, 5) is 7.89. The van der Waals surface area contributed by atoms with Crippen LogP contribution < -0.4 is 10.2 Å². The first-order valence-electron chi connectivity index (χ1n) is 7.24. The normalized spacial score (nSPS) is 20.8. The smallest absolute Gasteiger partial charge is 0.313 e. The van der Waals surface area contributed by atoms with Crippen molar-refractivity contribution in [2.45, 2.75) is 25.9 Å². The molecule has 128 valence electrons. The van der Waals surface area contributed by atoms with E-state index in [9.17, 15) is 4.39 Å². The number of rotatable bonds is 6. The molecule has 8 heteroatoms. The average Bonchev–Trinajstić information content (AvgIpc) is 2.62. The maximum absolute atomic E-state index is 13.8. The number of benzene rings is 1. The minimum atomic E-state index is -1.41. The van der Waals surface area contributed by atoms with Crippen molar-refractivity contribution < 1.29 is 13.9 Å². The van der Waals surface area contributed by atoms with E-state index in [0.717, 1.165) is 17.5 Å². The number of nitrogens with zero attached hydrogens (tertiary/aromatic N) is 3. The molecule has 1 aliphatic rings. The number of amidine groups is 1. The lowest BCUT2D eigenvalue weighted by Crippen LogP contribution is -2.37. The van der Waals surface area contributed by atoms with Crippen molar-refractivity contribution in [3.05, 3.63) is 40.9 Å². The fourth-order valence-electron chi connectivity index (χ4n) is 1.77. The van der Waals surface area contributed by atoms with E-state index in [1.807, 2.05) is 24.3 Å². The van der Waals surface area contributed by atoms with Crippen LogP contribution in [0.4, 0.5) is 4.39 Å². The highest BCUT2D eigenvalue weighted by Gasteiger charge is 2.23. The van der Waals surface area contributed by atoms with E-state index in [-0.39, 0.29) is 12.6 Å². The van der Waals surface area contributed by atoms with Gasteiger partial charge in [-0.1, -0.05) is 29.8 Å². The zero-order chi connectivity index (χ0) is 17.4. The van der Waals surface area contributed by atoms with Gasteiger partial charge in [-0.15, -0.1) is 0 Å². The molecule has 0 aliphatic carbocycles. The number of ether oxygens (including phenoxy) is 2. The minimum Gasteiger partial charge on any atom is -0.497 e. The highest BCUT2D eigenvalue weighted by Crippen LogP contribution is 2.14. The van der Waals surface area contributed by atoms with Gasteiger partial charge in [0.15, 0.2) is 12.3 Å². The Morgan fingerprint density at radius 1 is 1.50 bits per heavy atom. The Morgan fingerprint density at radius 2 is 2.33 bits per heavy atom. The molecule has 0 aromatic heterocycles. The highest BCUT2D eigenvalue weighted by molar-refractivity contribution is 6.39. The predicted molar refractivity (Wildman–Crippen MR) is 93.6 cm³/mol. The van der Waals surface area contributed by atoms with Crippen LogP contribution in [0.5, 0.6) is 5.75 Å². The van der Waals surface area contributed by atoms with Crippen LogP contribution in [-0.2, 0) is 11.3 Å². The molecule has 2 rings (SSSR count). The largest absolute Gasteiger partial charge is 0.497 e.